The van der Waals surface area contributed by atoms with E-state index in [4.69, 9.17) is 25.9 Å². The Morgan fingerprint density at radius 1 is 1.21 bits per heavy atom. The Labute approximate surface area is 194 Å². The van der Waals surface area contributed by atoms with Crippen molar-refractivity contribution in [1.82, 2.24) is 4.90 Å². The average molecular weight is 447 g/mol. The fourth-order valence-electron chi connectivity index (χ4n) is 3.69. The van der Waals surface area contributed by atoms with E-state index < -0.39 is 0 Å². The number of hydrogen-bond donors (Lipinski definition) is 2. The van der Waals surface area contributed by atoms with Crippen LogP contribution < -0.4 is 5.73 Å². The van der Waals surface area contributed by atoms with Crippen LogP contribution in [-0.4, -0.2) is 49.6 Å². The lowest BCUT2D eigenvalue weighted by Crippen LogP contribution is -2.48. The zero-order valence-corrected chi connectivity index (χ0v) is 19.4. The molecule has 0 bridgehead atoms. The molecule has 7 heteroatoms. The molecule has 0 saturated carbocycles. The van der Waals surface area contributed by atoms with Gasteiger partial charge in [-0.1, -0.05) is 18.2 Å². The van der Waals surface area contributed by atoms with Gasteiger partial charge in [-0.05, 0) is 56.2 Å². The molecule has 0 unspecified atom stereocenters. The minimum atomic E-state index is -0.0466. The molecule has 1 heterocycles. The topological polar surface area (TPSA) is 112 Å². The van der Waals surface area contributed by atoms with Crippen molar-refractivity contribution in [3.8, 4) is 6.07 Å². The third-order valence-corrected chi connectivity index (χ3v) is 5.88. The van der Waals surface area contributed by atoms with E-state index >= 15 is 0 Å². The van der Waals surface area contributed by atoms with Crippen molar-refractivity contribution in [2.45, 2.75) is 26.7 Å². The van der Waals surface area contributed by atoms with E-state index in [1.165, 1.54) is 0 Å². The molecule has 1 saturated heterocycles. The number of nitrogens with one attached hydrogen (secondary N) is 1. The number of benzene rings is 2. The van der Waals surface area contributed by atoms with E-state index in [0.717, 1.165) is 16.7 Å². The van der Waals surface area contributed by atoms with E-state index in [1.807, 2.05) is 55.1 Å². The van der Waals surface area contributed by atoms with Crippen molar-refractivity contribution in [3.05, 3.63) is 75.9 Å². The molecule has 1 amide bonds. The Bertz CT molecular complexity index is 1090. The minimum Gasteiger partial charge on any atom is -0.475 e. The number of hydrogen-bond acceptors (Lipinski definition) is 6. The molecule has 0 atom stereocenters. The predicted octanol–water partition coefficient (Wildman–Crippen LogP) is 3.83. The first-order valence-corrected chi connectivity index (χ1v) is 11.0. The highest BCUT2D eigenvalue weighted by Crippen LogP contribution is 2.29. The number of ether oxygens (including phenoxy) is 2. The first-order valence-electron chi connectivity index (χ1n) is 11.0. The summed E-state index contributed by atoms with van der Waals surface area (Å²) in [6, 6.07) is 15.1. The summed E-state index contributed by atoms with van der Waals surface area (Å²) >= 11 is 0. The van der Waals surface area contributed by atoms with Crippen LogP contribution in [0.4, 0.5) is 0 Å². The Morgan fingerprint density at radius 2 is 1.91 bits per heavy atom. The molecule has 1 fully saturated rings. The van der Waals surface area contributed by atoms with Gasteiger partial charge in [0.05, 0.1) is 18.2 Å². The van der Waals surface area contributed by atoms with Gasteiger partial charge in [0.15, 0.2) is 0 Å². The third kappa shape index (κ3) is 5.60. The Balaban J connectivity index is 1.68. The summed E-state index contributed by atoms with van der Waals surface area (Å²) in [6.45, 7) is 8.13. The number of likely N-dealkylation sites (tertiary alicyclic amines) is 1. The minimum absolute atomic E-state index is 0.00339. The highest BCUT2D eigenvalue weighted by molar-refractivity contribution is 6.00. The van der Waals surface area contributed by atoms with Crippen LogP contribution in [-0.2, 0) is 9.47 Å². The van der Waals surface area contributed by atoms with Crippen LogP contribution in [0.3, 0.4) is 0 Å². The van der Waals surface area contributed by atoms with Crippen LogP contribution in [0.5, 0.6) is 0 Å². The number of carbonyl (C=O) groups is 1. The number of rotatable bonds is 8. The van der Waals surface area contributed by atoms with Crippen LogP contribution in [0, 0.1) is 23.7 Å². The highest BCUT2D eigenvalue weighted by atomic mass is 16.5. The molecule has 1 aliphatic rings. The van der Waals surface area contributed by atoms with Crippen molar-refractivity contribution in [1.29, 1.82) is 10.7 Å². The molecule has 172 valence electrons. The zero-order chi connectivity index (χ0) is 24.0. The normalized spacial score (nSPS) is 14.2. The van der Waals surface area contributed by atoms with Gasteiger partial charge in [-0.25, -0.2) is 0 Å². The number of nitrogens with zero attached hydrogens (tertiary/aromatic N) is 2. The largest absolute Gasteiger partial charge is 0.475 e. The lowest BCUT2D eigenvalue weighted by atomic mass is 9.90. The Morgan fingerprint density at radius 3 is 2.55 bits per heavy atom. The molecule has 0 radical (unpaired) electrons. The predicted molar refractivity (Wildman–Crippen MR) is 128 cm³/mol. The van der Waals surface area contributed by atoms with Crippen molar-refractivity contribution < 1.29 is 14.3 Å². The molecular formula is C26H30N4O3. The maximum Gasteiger partial charge on any atom is 0.253 e. The SMILES string of the molecule is CCOCCOC(=N)/C(C)=C(\N)c1cc(C(=O)N2CC(c3ccc(C#N)cc3)C2)ccc1C. The molecule has 3 rings (SSSR count). The van der Waals surface area contributed by atoms with Crippen molar-refractivity contribution >= 4 is 17.5 Å². The van der Waals surface area contributed by atoms with Gasteiger partial charge in [-0.2, -0.15) is 5.26 Å². The second-order valence-electron chi connectivity index (χ2n) is 8.08. The van der Waals surface area contributed by atoms with Gasteiger partial charge in [0.1, 0.15) is 6.61 Å². The monoisotopic (exact) mass is 446 g/mol. The number of nitriles is 1. The van der Waals surface area contributed by atoms with E-state index in [9.17, 15) is 4.79 Å². The maximum atomic E-state index is 13.0. The molecule has 3 N–H and O–H groups in total. The highest BCUT2D eigenvalue weighted by Gasteiger charge is 2.32. The van der Waals surface area contributed by atoms with E-state index in [1.54, 1.807) is 13.0 Å². The standard InChI is InChI=1S/C26H30N4O3/c1-4-32-11-12-33-25(29)18(3)24(28)23-13-21(8-5-17(23)2)26(31)30-15-22(16-30)20-9-6-19(14-27)7-10-20/h5-10,13,22,29H,4,11-12,15-16,28H2,1-3H3/b24-18-,29-25?. The van der Waals surface area contributed by atoms with Crippen molar-refractivity contribution in [3.63, 3.8) is 0 Å². The van der Waals surface area contributed by atoms with E-state index in [-0.39, 0.29) is 24.3 Å². The maximum absolute atomic E-state index is 13.0. The quantitative estimate of drug-likeness (QED) is 0.364. The number of amides is 1. The summed E-state index contributed by atoms with van der Waals surface area (Å²) in [5, 5.41) is 17.1. The van der Waals surface area contributed by atoms with Gasteiger partial charge < -0.3 is 20.1 Å². The molecule has 1 aliphatic heterocycles. The molecule has 0 spiro atoms. The molecule has 7 nitrogen and oxygen atoms in total. The first-order chi connectivity index (χ1) is 15.8. The van der Waals surface area contributed by atoms with Crippen LogP contribution in [0.25, 0.3) is 5.70 Å². The lowest BCUT2D eigenvalue weighted by molar-refractivity contribution is 0.0602. The Hall–Kier alpha value is -3.63. The fourth-order valence-corrected chi connectivity index (χ4v) is 3.69. The fraction of sp³-hybridized carbons (Fsp3) is 0.346. The molecule has 2 aromatic carbocycles. The summed E-state index contributed by atoms with van der Waals surface area (Å²) in [6.07, 6.45) is 0. The average Bonchev–Trinajstić information content (AvgIpc) is 2.80. The number of nitrogens with two attached hydrogens (primary N) is 1. The second kappa shape index (κ2) is 10.8. The first kappa shape index (κ1) is 24.0. The summed E-state index contributed by atoms with van der Waals surface area (Å²) in [7, 11) is 0. The van der Waals surface area contributed by atoms with E-state index in [0.29, 0.717) is 48.7 Å². The molecule has 2 aromatic rings. The van der Waals surface area contributed by atoms with Gasteiger partial charge in [0.2, 0.25) is 5.90 Å². The number of carbonyl (C=O) groups excluding carboxylic acids is 1. The van der Waals surface area contributed by atoms with Gasteiger partial charge in [-0.15, -0.1) is 0 Å². The van der Waals surface area contributed by atoms with Crippen LogP contribution in [0.2, 0.25) is 0 Å². The van der Waals surface area contributed by atoms with Gasteiger partial charge in [0.25, 0.3) is 5.91 Å². The van der Waals surface area contributed by atoms with Crippen molar-refractivity contribution in [2.75, 3.05) is 32.9 Å². The summed E-state index contributed by atoms with van der Waals surface area (Å²) in [5.41, 5.74) is 11.3. The summed E-state index contributed by atoms with van der Waals surface area (Å²) in [5.74, 6) is 0.221. The van der Waals surface area contributed by atoms with Gasteiger partial charge in [-0.3, -0.25) is 10.2 Å². The molecule has 0 aliphatic carbocycles. The van der Waals surface area contributed by atoms with Gasteiger partial charge in [0, 0.05) is 48.0 Å². The molecular weight excluding hydrogens is 416 g/mol. The zero-order valence-electron chi connectivity index (χ0n) is 19.4. The summed E-state index contributed by atoms with van der Waals surface area (Å²) in [4.78, 5) is 14.9. The van der Waals surface area contributed by atoms with Crippen molar-refractivity contribution in [2.24, 2.45) is 5.73 Å². The lowest BCUT2D eigenvalue weighted by Gasteiger charge is -2.39. The second-order valence-corrected chi connectivity index (χ2v) is 8.08. The Kier molecular flexibility index (Phi) is 7.86. The van der Waals surface area contributed by atoms with Crippen LogP contribution >= 0.6 is 0 Å². The number of aryl methyl sites for hydroxylation is 1. The summed E-state index contributed by atoms with van der Waals surface area (Å²) < 4.78 is 10.7. The third-order valence-electron chi connectivity index (χ3n) is 5.88. The van der Waals surface area contributed by atoms with E-state index in [2.05, 4.69) is 6.07 Å². The molecule has 33 heavy (non-hydrogen) atoms. The van der Waals surface area contributed by atoms with Gasteiger partial charge >= 0.3 is 0 Å². The van der Waals surface area contributed by atoms with Crippen LogP contribution in [0.15, 0.2) is 48.0 Å². The van der Waals surface area contributed by atoms with Crippen LogP contribution in [0.1, 0.15) is 52.4 Å². The molecule has 0 aromatic heterocycles. The smallest absolute Gasteiger partial charge is 0.253 e.